The van der Waals surface area contributed by atoms with E-state index in [0.29, 0.717) is 22.2 Å². The van der Waals surface area contributed by atoms with E-state index < -0.39 is 17.8 Å². The highest BCUT2D eigenvalue weighted by Crippen LogP contribution is 2.27. The van der Waals surface area contributed by atoms with Gasteiger partial charge in [0.25, 0.3) is 0 Å². The fourth-order valence-corrected chi connectivity index (χ4v) is 2.63. The first-order valence-corrected chi connectivity index (χ1v) is 8.47. The Kier molecular flexibility index (Phi) is 7.04. The van der Waals surface area contributed by atoms with Gasteiger partial charge < -0.3 is 29.9 Å². The Morgan fingerprint density at radius 3 is 2.15 bits per heavy atom. The molecule has 0 unspecified atom stereocenters. The summed E-state index contributed by atoms with van der Waals surface area (Å²) in [6.45, 7) is 0.207. The Morgan fingerprint density at radius 1 is 0.963 bits per heavy atom. The van der Waals surface area contributed by atoms with E-state index in [1.165, 1.54) is 6.07 Å². The molecule has 0 aromatic heterocycles. The second-order valence-electron chi connectivity index (χ2n) is 5.45. The molecule has 7 nitrogen and oxygen atoms in total. The van der Waals surface area contributed by atoms with E-state index in [1.54, 1.807) is 12.1 Å². The molecule has 9 heteroatoms. The van der Waals surface area contributed by atoms with Gasteiger partial charge in [-0.25, -0.2) is 0 Å². The zero-order valence-corrected chi connectivity index (χ0v) is 15.3. The van der Waals surface area contributed by atoms with E-state index in [-0.39, 0.29) is 29.8 Å². The number of rotatable bonds is 8. The number of carbonyl (C=O) groups excluding carboxylic acids is 3. The average Bonchev–Trinajstić information content (AvgIpc) is 2.59. The zero-order valence-electron chi connectivity index (χ0n) is 13.8. The van der Waals surface area contributed by atoms with Crippen LogP contribution in [0, 0.1) is 0 Å². The van der Waals surface area contributed by atoms with E-state index in [0.717, 1.165) is 18.2 Å². The molecule has 0 aliphatic heterocycles. The van der Waals surface area contributed by atoms with Gasteiger partial charge in [-0.15, -0.1) is 0 Å². The highest BCUT2D eigenvalue weighted by atomic mass is 35.5. The van der Waals surface area contributed by atoms with Gasteiger partial charge in [0.2, 0.25) is 5.91 Å². The number of carbonyl (C=O) groups is 3. The first kappa shape index (κ1) is 20.5. The lowest BCUT2D eigenvalue weighted by Crippen LogP contribution is -2.26. The van der Waals surface area contributed by atoms with Crippen LogP contribution in [0.4, 0.5) is 5.69 Å². The predicted octanol–water partition coefficient (Wildman–Crippen LogP) is 1.52. The van der Waals surface area contributed by atoms with Gasteiger partial charge >= 0.3 is 0 Å². The fraction of sp³-hybridized carbons (Fsp3) is 0.167. The molecule has 2 aromatic rings. The topological polar surface area (TPSA) is 119 Å². The van der Waals surface area contributed by atoms with Crippen LogP contribution < -0.4 is 20.3 Å². The maximum absolute atomic E-state index is 12.0. The summed E-state index contributed by atoms with van der Waals surface area (Å²) < 4.78 is 5.45. The molecular formula is C18H13Cl2NO6-2. The van der Waals surface area contributed by atoms with Crippen LogP contribution in [-0.2, 0) is 4.79 Å². The molecule has 0 aliphatic carbocycles. The molecule has 0 atom stereocenters. The van der Waals surface area contributed by atoms with Crippen molar-refractivity contribution in [2.24, 2.45) is 0 Å². The standard InChI is InChI=1S/C18H15Cl2NO6/c19-12-3-4-15(14(20)9-12)27-5-1-2-16(22)21-13-7-10(17(23)24)6-11(8-13)18(25)26/h3-4,6-9H,1-2,5H2,(H,21,22)(H,23,24)(H,25,26)/p-2. The predicted molar refractivity (Wildman–Crippen MR) is 94.9 cm³/mol. The fourth-order valence-electron chi connectivity index (χ4n) is 2.17. The number of aromatic carboxylic acids is 2. The largest absolute Gasteiger partial charge is 0.545 e. The van der Waals surface area contributed by atoms with Crippen LogP contribution in [0.5, 0.6) is 5.75 Å². The summed E-state index contributed by atoms with van der Waals surface area (Å²) in [5.41, 5.74) is -0.747. The summed E-state index contributed by atoms with van der Waals surface area (Å²) in [6, 6.07) is 7.86. The van der Waals surface area contributed by atoms with Crippen molar-refractivity contribution in [2.75, 3.05) is 11.9 Å². The van der Waals surface area contributed by atoms with Gasteiger partial charge in [-0.05, 0) is 53.9 Å². The zero-order chi connectivity index (χ0) is 20.0. The number of anilines is 1. The molecule has 0 bridgehead atoms. The number of hydrogen-bond acceptors (Lipinski definition) is 6. The van der Waals surface area contributed by atoms with Gasteiger partial charge in [-0.2, -0.15) is 0 Å². The van der Waals surface area contributed by atoms with E-state index in [2.05, 4.69) is 5.32 Å². The van der Waals surface area contributed by atoms with Gasteiger partial charge in [-0.1, -0.05) is 23.2 Å². The Bertz CT molecular complexity index is 852. The molecule has 0 spiro atoms. The number of halogens is 2. The molecule has 27 heavy (non-hydrogen) atoms. The molecule has 1 N–H and O–H groups in total. The Labute approximate surface area is 164 Å². The van der Waals surface area contributed by atoms with Gasteiger partial charge in [0.15, 0.2) is 0 Å². The first-order valence-electron chi connectivity index (χ1n) is 7.72. The summed E-state index contributed by atoms with van der Waals surface area (Å²) in [5, 5.41) is 25.1. The van der Waals surface area contributed by atoms with E-state index in [4.69, 9.17) is 27.9 Å². The van der Waals surface area contributed by atoms with Crippen molar-refractivity contribution in [3.05, 3.63) is 57.6 Å². The maximum atomic E-state index is 12.0. The van der Waals surface area contributed by atoms with Crippen molar-refractivity contribution in [1.29, 1.82) is 0 Å². The van der Waals surface area contributed by atoms with Crippen LogP contribution in [0.1, 0.15) is 33.6 Å². The summed E-state index contributed by atoms with van der Waals surface area (Å²) >= 11 is 11.7. The number of carboxylic acid groups (broad SMARTS) is 2. The Hall–Kier alpha value is -2.77. The third kappa shape index (κ3) is 6.16. The van der Waals surface area contributed by atoms with Crippen molar-refractivity contribution in [1.82, 2.24) is 0 Å². The lowest BCUT2D eigenvalue weighted by atomic mass is 10.1. The smallest absolute Gasteiger partial charge is 0.224 e. The number of hydrogen-bond donors (Lipinski definition) is 1. The monoisotopic (exact) mass is 409 g/mol. The molecule has 2 aromatic carbocycles. The maximum Gasteiger partial charge on any atom is 0.224 e. The van der Waals surface area contributed by atoms with Crippen molar-refractivity contribution < 1.29 is 29.3 Å². The van der Waals surface area contributed by atoms with Gasteiger partial charge in [0.1, 0.15) is 5.75 Å². The SMILES string of the molecule is O=C(CCCOc1ccc(Cl)cc1Cl)Nc1cc(C(=O)[O-])cc(C(=O)[O-])c1. The molecular weight excluding hydrogens is 397 g/mol. The quantitative estimate of drug-likeness (QED) is 0.660. The third-order valence-electron chi connectivity index (χ3n) is 3.39. The highest BCUT2D eigenvalue weighted by Gasteiger charge is 2.08. The lowest BCUT2D eigenvalue weighted by molar-refractivity contribution is -0.255. The Balaban J connectivity index is 1.90. The minimum Gasteiger partial charge on any atom is -0.545 e. The van der Waals surface area contributed by atoms with Crippen LogP contribution in [0.25, 0.3) is 0 Å². The van der Waals surface area contributed by atoms with Gasteiger partial charge in [0, 0.05) is 17.1 Å². The summed E-state index contributed by atoms with van der Waals surface area (Å²) in [6.07, 6.45) is 0.403. The molecule has 0 aliphatic rings. The normalized spacial score (nSPS) is 10.3. The van der Waals surface area contributed by atoms with E-state index in [1.807, 2.05) is 0 Å². The molecule has 0 radical (unpaired) electrons. The third-order valence-corrected chi connectivity index (χ3v) is 3.92. The number of carboxylic acids is 2. The van der Waals surface area contributed by atoms with Crippen LogP contribution in [0.2, 0.25) is 10.0 Å². The number of amides is 1. The molecule has 0 fully saturated rings. The van der Waals surface area contributed by atoms with Crippen LogP contribution in [0.3, 0.4) is 0 Å². The second-order valence-corrected chi connectivity index (χ2v) is 6.29. The van der Waals surface area contributed by atoms with Crippen molar-refractivity contribution in [2.45, 2.75) is 12.8 Å². The van der Waals surface area contributed by atoms with Crippen molar-refractivity contribution >= 4 is 46.7 Å². The summed E-state index contributed by atoms with van der Waals surface area (Å²) in [4.78, 5) is 33.8. The number of ether oxygens (including phenoxy) is 1. The summed E-state index contributed by atoms with van der Waals surface area (Å²) in [5.74, 6) is -3.15. The number of nitrogens with one attached hydrogen (secondary N) is 1. The average molecular weight is 410 g/mol. The second kappa shape index (κ2) is 9.25. The molecule has 2 rings (SSSR count). The van der Waals surface area contributed by atoms with Crippen molar-refractivity contribution in [3.63, 3.8) is 0 Å². The first-order chi connectivity index (χ1) is 12.8. The van der Waals surface area contributed by atoms with Crippen LogP contribution in [0.15, 0.2) is 36.4 Å². The number of benzene rings is 2. The minimum atomic E-state index is -1.57. The molecule has 0 saturated heterocycles. The molecule has 1 amide bonds. The molecule has 0 saturated carbocycles. The molecule has 142 valence electrons. The highest BCUT2D eigenvalue weighted by molar-refractivity contribution is 6.35. The Morgan fingerprint density at radius 2 is 1.59 bits per heavy atom. The van der Waals surface area contributed by atoms with Gasteiger partial charge in [-0.3, -0.25) is 4.79 Å². The van der Waals surface area contributed by atoms with Gasteiger partial charge in [0.05, 0.1) is 23.6 Å². The minimum absolute atomic E-state index is 0.0163. The van der Waals surface area contributed by atoms with Crippen LogP contribution in [-0.4, -0.2) is 24.5 Å². The summed E-state index contributed by atoms with van der Waals surface area (Å²) in [7, 11) is 0. The molecule has 0 heterocycles. The lowest BCUT2D eigenvalue weighted by Gasteiger charge is -2.12. The van der Waals surface area contributed by atoms with E-state index in [9.17, 15) is 24.6 Å². The van der Waals surface area contributed by atoms with E-state index >= 15 is 0 Å². The van der Waals surface area contributed by atoms with Crippen LogP contribution >= 0.6 is 23.2 Å². The van der Waals surface area contributed by atoms with Crippen molar-refractivity contribution in [3.8, 4) is 5.75 Å².